The third kappa shape index (κ3) is 3.61. The fraction of sp³-hybridized carbons (Fsp3) is 0.200. The van der Waals surface area contributed by atoms with Crippen LogP contribution in [0.25, 0.3) is 0 Å². The van der Waals surface area contributed by atoms with Crippen LogP contribution in [0.4, 0.5) is 11.4 Å². The molecule has 0 bridgehead atoms. The van der Waals surface area contributed by atoms with Crippen LogP contribution in [0, 0.1) is 0 Å². The fourth-order valence-corrected chi connectivity index (χ4v) is 1.65. The van der Waals surface area contributed by atoms with Crippen molar-refractivity contribution in [1.82, 2.24) is 0 Å². The number of ether oxygens (including phenoxy) is 1. The quantitative estimate of drug-likeness (QED) is 0.834. The smallest absolute Gasteiger partial charge is 0.0717 e. The summed E-state index contributed by atoms with van der Waals surface area (Å²) >= 11 is 0. The number of rotatable bonds is 5. The van der Waals surface area contributed by atoms with Crippen LogP contribution in [0.1, 0.15) is 12.5 Å². The summed E-state index contributed by atoms with van der Waals surface area (Å²) in [6.45, 7) is 3.42. The van der Waals surface area contributed by atoms with E-state index < -0.39 is 0 Å². The van der Waals surface area contributed by atoms with E-state index >= 15 is 0 Å². The van der Waals surface area contributed by atoms with Crippen LogP contribution in [-0.2, 0) is 11.3 Å². The zero-order valence-electron chi connectivity index (χ0n) is 10.0. The average molecular weight is 227 g/mol. The van der Waals surface area contributed by atoms with Gasteiger partial charge in [-0.05, 0) is 36.8 Å². The minimum absolute atomic E-state index is 0.667. The molecule has 0 aromatic heterocycles. The number of anilines is 2. The lowest BCUT2D eigenvalue weighted by molar-refractivity contribution is 0.134. The summed E-state index contributed by atoms with van der Waals surface area (Å²) in [5.41, 5.74) is 3.38. The number of nitrogens with one attached hydrogen (secondary N) is 1. The minimum Gasteiger partial charge on any atom is -0.377 e. The van der Waals surface area contributed by atoms with E-state index in [0.717, 1.165) is 18.0 Å². The van der Waals surface area contributed by atoms with Crippen LogP contribution >= 0.6 is 0 Å². The summed E-state index contributed by atoms with van der Waals surface area (Å²) in [5, 5.41) is 3.37. The second-order valence-electron chi connectivity index (χ2n) is 3.83. The van der Waals surface area contributed by atoms with E-state index in [9.17, 15) is 0 Å². The summed E-state index contributed by atoms with van der Waals surface area (Å²) in [5.74, 6) is 0. The van der Waals surface area contributed by atoms with E-state index in [4.69, 9.17) is 4.74 Å². The minimum atomic E-state index is 0.667. The van der Waals surface area contributed by atoms with Crippen LogP contribution in [0.5, 0.6) is 0 Å². The molecule has 0 heterocycles. The molecule has 2 aromatic rings. The van der Waals surface area contributed by atoms with Crippen molar-refractivity contribution >= 4 is 11.4 Å². The van der Waals surface area contributed by atoms with Gasteiger partial charge in [0, 0.05) is 18.0 Å². The van der Waals surface area contributed by atoms with Gasteiger partial charge in [-0.2, -0.15) is 0 Å². The lowest BCUT2D eigenvalue weighted by atomic mass is 10.2. The maximum absolute atomic E-state index is 5.40. The Morgan fingerprint density at radius 1 is 0.941 bits per heavy atom. The first-order chi connectivity index (χ1) is 8.38. The Bertz CT molecular complexity index is 453. The molecular weight excluding hydrogens is 210 g/mol. The van der Waals surface area contributed by atoms with E-state index in [0.29, 0.717) is 6.61 Å². The fourth-order valence-electron chi connectivity index (χ4n) is 1.65. The van der Waals surface area contributed by atoms with Gasteiger partial charge >= 0.3 is 0 Å². The molecule has 17 heavy (non-hydrogen) atoms. The first-order valence-electron chi connectivity index (χ1n) is 5.87. The number of hydrogen-bond donors (Lipinski definition) is 1. The van der Waals surface area contributed by atoms with E-state index in [1.54, 1.807) is 0 Å². The Hall–Kier alpha value is -1.80. The van der Waals surface area contributed by atoms with Crippen molar-refractivity contribution in [3.05, 3.63) is 60.2 Å². The lowest BCUT2D eigenvalue weighted by Gasteiger charge is -2.08. The third-order valence-corrected chi connectivity index (χ3v) is 2.46. The molecule has 0 aliphatic rings. The third-order valence-electron chi connectivity index (χ3n) is 2.46. The van der Waals surface area contributed by atoms with Crippen molar-refractivity contribution in [1.29, 1.82) is 0 Å². The van der Waals surface area contributed by atoms with Crippen LogP contribution in [0.3, 0.4) is 0 Å². The Balaban J connectivity index is 2.06. The monoisotopic (exact) mass is 227 g/mol. The molecule has 0 saturated heterocycles. The molecule has 2 aromatic carbocycles. The van der Waals surface area contributed by atoms with Gasteiger partial charge in [-0.15, -0.1) is 0 Å². The van der Waals surface area contributed by atoms with Crippen LogP contribution in [0.15, 0.2) is 54.6 Å². The van der Waals surface area contributed by atoms with Gasteiger partial charge in [0.05, 0.1) is 6.61 Å². The summed E-state index contributed by atoms with van der Waals surface area (Å²) in [6.07, 6.45) is 0. The Morgan fingerprint density at radius 2 is 1.71 bits per heavy atom. The van der Waals surface area contributed by atoms with Gasteiger partial charge in [0.15, 0.2) is 0 Å². The zero-order valence-corrected chi connectivity index (χ0v) is 10.0. The van der Waals surface area contributed by atoms with Crippen LogP contribution < -0.4 is 5.32 Å². The summed E-state index contributed by atoms with van der Waals surface area (Å²) in [7, 11) is 0. The second-order valence-corrected chi connectivity index (χ2v) is 3.83. The first-order valence-corrected chi connectivity index (χ1v) is 5.87. The molecule has 0 saturated carbocycles. The number of hydrogen-bond acceptors (Lipinski definition) is 2. The lowest BCUT2D eigenvalue weighted by Crippen LogP contribution is -1.94. The van der Waals surface area contributed by atoms with Crippen LogP contribution in [0.2, 0.25) is 0 Å². The molecule has 0 atom stereocenters. The molecule has 0 fully saturated rings. The topological polar surface area (TPSA) is 21.3 Å². The second kappa shape index (κ2) is 6.06. The largest absolute Gasteiger partial charge is 0.377 e. The van der Waals surface area contributed by atoms with Crippen molar-refractivity contribution in [2.45, 2.75) is 13.5 Å². The van der Waals surface area contributed by atoms with Crippen molar-refractivity contribution in [3.8, 4) is 0 Å². The van der Waals surface area contributed by atoms with E-state index in [1.165, 1.54) is 5.56 Å². The van der Waals surface area contributed by atoms with Crippen molar-refractivity contribution in [2.24, 2.45) is 0 Å². The Kier molecular flexibility index (Phi) is 4.17. The molecular formula is C15H17NO. The standard InChI is InChI=1S/C15H17NO/c1-2-17-12-13-7-6-10-15(11-13)16-14-8-4-3-5-9-14/h3-11,16H,2,12H2,1H3. The van der Waals surface area contributed by atoms with Gasteiger partial charge in [-0.3, -0.25) is 0 Å². The van der Waals surface area contributed by atoms with Crippen molar-refractivity contribution < 1.29 is 4.74 Å². The highest BCUT2D eigenvalue weighted by Crippen LogP contribution is 2.17. The van der Waals surface area contributed by atoms with Gasteiger partial charge in [-0.25, -0.2) is 0 Å². The van der Waals surface area contributed by atoms with Gasteiger partial charge in [0.1, 0.15) is 0 Å². The molecule has 0 amide bonds. The molecule has 2 heteroatoms. The molecule has 88 valence electrons. The molecule has 0 unspecified atom stereocenters. The summed E-state index contributed by atoms with van der Waals surface area (Å²) in [6, 6.07) is 18.4. The van der Waals surface area contributed by atoms with Gasteiger partial charge < -0.3 is 10.1 Å². The highest BCUT2D eigenvalue weighted by Gasteiger charge is 1.96. The maximum atomic E-state index is 5.40. The van der Waals surface area contributed by atoms with Crippen molar-refractivity contribution in [2.75, 3.05) is 11.9 Å². The Labute approximate surface area is 102 Å². The molecule has 2 nitrogen and oxygen atoms in total. The highest BCUT2D eigenvalue weighted by atomic mass is 16.5. The Morgan fingerprint density at radius 3 is 2.47 bits per heavy atom. The van der Waals surface area contributed by atoms with Gasteiger partial charge in [0.2, 0.25) is 0 Å². The van der Waals surface area contributed by atoms with Crippen molar-refractivity contribution in [3.63, 3.8) is 0 Å². The predicted octanol–water partition coefficient (Wildman–Crippen LogP) is 3.97. The van der Waals surface area contributed by atoms with Crippen LogP contribution in [-0.4, -0.2) is 6.61 Å². The predicted molar refractivity (Wildman–Crippen MR) is 71.5 cm³/mol. The molecule has 0 aliphatic heterocycles. The number of para-hydroxylation sites is 1. The summed E-state index contributed by atoms with van der Waals surface area (Å²) < 4.78 is 5.40. The molecule has 0 aliphatic carbocycles. The van der Waals surface area contributed by atoms with E-state index in [2.05, 4.69) is 35.6 Å². The average Bonchev–Trinajstić information content (AvgIpc) is 2.38. The first kappa shape index (κ1) is 11.7. The maximum Gasteiger partial charge on any atom is 0.0717 e. The van der Waals surface area contributed by atoms with Gasteiger partial charge in [-0.1, -0.05) is 30.3 Å². The molecule has 1 N–H and O–H groups in total. The summed E-state index contributed by atoms with van der Waals surface area (Å²) in [4.78, 5) is 0. The normalized spacial score (nSPS) is 10.2. The van der Waals surface area contributed by atoms with Gasteiger partial charge in [0.25, 0.3) is 0 Å². The number of benzene rings is 2. The highest BCUT2D eigenvalue weighted by molar-refractivity contribution is 5.59. The molecule has 2 rings (SSSR count). The van der Waals surface area contributed by atoms with E-state index in [-0.39, 0.29) is 0 Å². The molecule has 0 spiro atoms. The van der Waals surface area contributed by atoms with E-state index in [1.807, 2.05) is 31.2 Å². The zero-order chi connectivity index (χ0) is 11.9. The molecule has 0 radical (unpaired) electrons. The SMILES string of the molecule is CCOCc1cccc(Nc2ccccc2)c1.